The van der Waals surface area contributed by atoms with Crippen molar-refractivity contribution >= 4 is 39.9 Å². The standard InChI is InChI=1S/C31H39N7O3/c1-36(2)14-15-37(3)26-17-27(40-4)25(16-24(26)32)34-31-33-18-21(11-12-28(39)41-5)29(35-31)23-19-38-13-7-9-20-8-6-10-22(23)30(20)38/h6,8,10,16-19H,7,9,11-15,32H2,1-5H3,(H,33,34,35). The highest BCUT2D eigenvalue weighted by atomic mass is 16.5. The number of aryl methyl sites for hydroxylation is 3. The fourth-order valence-electron chi connectivity index (χ4n) is 5.44. The Bertz CT molecular complexity index is 1560. The number of ether oxygens (including phenoxy) is 2. The Kier molecular flexibility index (Phi) is 8.30. The number of benzene rings is 2. The van der Waals surface area contributed by atoms with Crippen LogP contribution in [0.25, 0.3) is 22.2 Å². The Morgan fingerprint density at radius 2 is 2.00 bits per heavy atom. The van der Waals surface area contributed by atoms with Gasteiger partial charge in [-0.05, 0) is 50.6 Å². The van der Waals surface area contributed by atoms with Gasteiger partial charge in [-0.15, -0.1) is 0 Å². The molecule has 5 rings (SSSR count). The number of nitrogen functional groups attached to an aromatic ring is 1. The Morgan fingerprint density at radius 1 is 1.17 bits per heavy atom. The van der Waals surface area contributed by atoms with E-state index in [0.29, 0.717) is 29.5 Å². The van der Waals surface area contributed by atoms with Gasteiger partial charge in [0, 0.05) is 62.5 Å². The van der Waals surface area contributed by atoms with E-state index in [-0.39, 0.29) is 12.4 Å². The molecule has 0 atom stereocenters. The number of hydrogen-bond donors (Lipinski definition) is 2. The van der Waals surface area contributed by atoms with Crippen LogP contribution < -0.4 is 20.7 Å². The Morgan fingerprint density at radius 3 is 2.76 bits per heavy atom. The highest BCUT2D eigenvalue weighted by molar-refractivity contribution is 5.98. The number of para-hydroxylation sites is 1. The van der Waals surface area contributed by atoms with Crippen LogP contribution in [-0.4, -0.2) is 73.9 Å². The average Bonchev–Trinajstić information content (AvgIpc) is 3.35. The van der Waals surface area contributed by atoms with Crippen LogP contribution in [0, 0.1) is 0 Å². The lowest BCUT2D eigenvalue weighted by Crippen LogP contribution is -2.29. The molecule has 2 aromatic carbocycles. The van der Waals surface area contributed by atoms with Crippen molar-refractivity contribution in [3.63, 3.8) is 0 Å². The molecule has 2 aromatic heterocycles. The topological polar surface area (TPSA) is 111 Å². The summed E-state index contributed by atoms with van der Waals surface area (Å²) in [6.45, 7) is 2.68. The normalized spacial score (nSPS) is 12.5. The van der Waals surface area contributed by atoms with Crippen molar-refractivity contribution < 1.29 is 14.3 Å². The van der Waals surface area contributed by atoms with Gasteiger partial charge in [-0.1, -0.05) is 18.2 Å². The number of anilines is 4. The quantitative estimate of drug-likeness (QED) is 0.204. The molecule has 1 aliphatic rings. The maximum atomic E-state index is 12.0. The second-order valence-corrected chi connectivity index (χ2v) is 10.8. The van der Waals surface area contributed by atoms with Gasteiger partial charge in [-0.25, -0.2) is 9.97 Å². The van der Waals surface area contributed by atoms with Crippen molar-refractivity contribution in [2.45, 2.75) is 32.2 Å². The van der Waals surface area contributed by atoms with E-state index in [1.165, 1.54) is 18.2 Å². The number of nitrogens with zero attached hydrogens (tertiary/aromatic N) is 5. The third kappa shape index (κ3) is 5.92. The van der Waals surface area contributed by atoms with Gasteiger partial charge < -0.3 is 34.9 Å². The van der Waals surface area contributed by atoms with Crippen LogP contribution in [0.5, 0.6) is 5.75 Å². The number of esters is 1. The third-order valence-electron chi connectivity index (χ3n) is 7.66. The van der Waals surface area contributed by atoms with Gasteiger partial charge in [0.1, 0.15) is 5.75 Å². The van der Waals surface area contributed by atoms with E-state index in [0.717, 1.165) is 60.4 Å². The molecule has 0 amide bonds. The maximum Gasteiger partial charge on any atom is 0.305 e. The third-order valence-corrected chi connectivity index (χ3v) is 7.66. The van der Waals surface area contributed by atoms with Crippen molar-refractivity contribution in [1.82, 2.24) is 19.4 Å². The van der Waals surface area contributed by atoms with Gasteiger partial charge in [-0.3, -0.25) is 4.79 Å². The molecule has 0 saturated carbocycles. The van der Waals surface area contributed by atoms with Crippen molar-refractivity contribution in [3.05, 3.63) is 53.9 Å². The van der Waals surface area contributed by atoms with Crippen LogP contribution in [0.4, 0.5) is 23.0 Å². The summed E-state index contributed by atoms with van der Waals surface area (Å²) in [6, 6.07) is 10.2. The summed E-state index contributed by atoms with van der Waals surface area (Å²) in [5.41, 5.74) is 14.0. The van der Waals surface area contributed by atoms with Crippen LogP contribution in [0.15, 0.2) is 42.7 Å². The van der Waals surface area contributed by atoms with E-state index in [2.05, 4.69) is 49.1 Å². The fourth-order valence-corrected chi connectivity index (χ4v) is 5.44. The molecular formula is C31H39N7O3. The van der Waals surface area contributed by atoms with Gasteiger partial charge in [0.05, 0.1) is 42.5 Å². The number of carbonyl (C=O) groups is 1. The molecule has 3 heterocycles. The summed E-state index contributed by atoms with van der Waals surface area (Å²) < 4.78 is 13.0. The molecule has 4 aromatic rings. The van der Waals surface area contributed by atoms with Crippen molar-refractivity contribution in [2.24, 2.45) is 0 Å². The van der Waals surface area contributed by atoms with Crippen LogP contribution >= 0.6 is 0 Å². The molecule has 3 N–H and O–H groups in total. The summed E-state index contributed by atoms with van der Waals surface area (Å²) in [4.78, 5) is 25.9. The lowest BCUT2D eigenvalue weighted by Gasteiger charge is -2.24. The number of likely N-dealkylation sites (N-methyl/N-ethyl adjacent to an activating group) is 2. The summed E-state index contributed by atoms with van der Waals surface area (Å²) in [6.07, 6.45) is 6.86. The molecule has 41 heavy (non-hydrogen) atoms. The van der Waals surface area contributed by atoms with Gasteiger partial charge >= 0.3 is 5.97 Å². The highest BCUT2D eigenvalue weighted by Gasteiger charge is 2.21. The molecule has 0 unspecified atom stereocenters. The second kappa shape index (κ2) is 12.1. The van der Waals surface area contributed by atoms with E-state index >= 15 is 0 Å². The number of hydrogen-bond acceptors (Lipinski definition) is 9. The molecule has 0 bridgehead atoms. The monoisotopic (exact) mass is 557 g/mol. The summed E-state index contributed by atoms with van der Waals surface area (Å²) in [7, 11) is 9.15. The minimum atomic E-state index is -0.267. The average molecular weight is 558 g/mol. The van der Waals surface area contributed by atoms with Gasteiger partial charge in [0.2, 0.25) is 5.95 Å². The second-order valence-electron chi connectivity index (χ2n) is 10.8. The molecule has 0 aliphatic carbocycles. The molecule has 1 aliphatic heterocycles. The zero-order valence-corrected chi connectivity index (χ0v) is 24.5. The zero-order valence-electron chi connectivity index (χ0n) is 24.5. The molecule has 216 valence electrons. The minimum absolute atomic E-state index is 0.247. The van der Waals surface area contributed by atoms with E-state index in [4.69, 9.17) is 20.2 Å². The summed E-state index contributed by atoms with van der Waals surface area (Å²) >= 11 is 0. The van der Waals surface area contributed by atoms with E-state index in [1.54, 1.807) is 13.3 Å². The Balaban J connectivity index is 1.53. The van der Waals surface area contributed by atoms with Crippen LogP contribution in [0.2, 0.25) is 0 Å². The number of methoxy groups -OCH3 is 2. The zero-order chi connectivity index (χ0) is 29.1. The number of nitrogens with two attached hydrogens (primary N) is 1. The van der Waals surface area contributed by atoms with Crippen LogP contribution in [0.3, 0.4) is 0 Å². The van der Waals surface area contributed by atoms with Gasteiger partial charge in [0.15, 0.2) is 0 Å². The molecule has 10 heteroatoms. The lowest BCUT2D eigenvalue weighted by atomic mass is 9.99. The fraction of sp³-hybridized carbons (Fsp3) is 0.387. The SMILES string of the molecule is COC(=O)CCc1cnc(Nc2cc(N)c(N(C)CCN(C)C)cc2OC)nc1-c1cn2c3c(cccc13)CCC2. The number of carbonyl (C=O) groups excluding carboxylic acids is 1. The minimum Gasteiger partial charge on any atom is -0.494 e. The molecule has 0 fully saturated rings. The van der Waals surface area contributed by atoms with E-state index in [9.17, 15) is 4.79 Å². The Labute approximate surface area is 241 Å². The first-order valence-corrected chi connectivity index (χ1v) is 13.9. The van der Waals surface area contributed by atoms with Crippen LogP contribution in [-0.2, 0) is 28.9 Å². The van der Waals surface area contributed by atoms with Crippen molar-refractivity contribution in [3.8, 4) is 17.0 Å². The molecule has 0 spiro atoms. The summed E-state index contributed by atoms with van der Waals surface area (Å²) in [5.74, 6) is 0.787. The van der Waals surface area contributed by atoms with E-state index < -0.39 is 0 Å². The van der Waals surface area contributed by atoms with Gasteiger partial charge in [-0.2, -0.15) is 0 Å². The number of nitrogens with one attached hydrogen (secondary N) is 1. The smallest absolute Gasteiger partial charge is 0.305 e. The molecule has 0 radical (unpaired) electrons. The predicted octanol–water partition coefficient (Wildman–Crippen LogP) is 4.48. The maximum absolute atomic E-state index is 12.0. The highest BCUT2D eigenvalue weighted by Crippen LogP contribution is 2.38. The van der Waals surface area contributed by atoms with Crippen molar-refractivity contribution in [2.75, 3.05) is 64.4 Å². The predicted molar refractivity (Wildman–Crippen MR) is 164 cm³/mol. The van der Waals surface area contributed by atoms with Gasteiger partial charge in [0.25, 0.3) is 0 Å². The molecular weight excluding hydrogens is 518 g/mol. The van der Waals surface area contributed by atoms with Crippen molar-refractivity contribution in [1.29, 1.82) is 0 Å². The van der Waals surface area contributed by atoms with Crippen LogP contribution in [0.1, 0.15) is 24.0 Å². The number of aromatic nitrogens is 3. The number of rotatable bonds is 11. The van der Waals surface area contributed by atoms with E-state index in [1.807, 2.05) is 33.3 Å². The largest absolute Gasteiger partial charge is 0.494 e. The Hall–Kier alpha value is -4.31. The first kappa shape index (κ1) is 28.2. The molecule has 0 saturated heterocycles. The first-order valence-electron chi connectivity index (χ1n) is 13.9. The summed E-state index contributed by atoms with van der Waals surface area (Å²) in [5, 5.41) is 4.49. The lowest BCUT2D eigenvalue weighted by molar-refractivity contribution is -0.140. The molecule has 10 nitrogen and oxygen atoms in total. The first-order chi connectivity index (χ1) is 19.8.